The highest BCUT2D eigenvalue weighted by Crippen LogP contribution is 2.39. The summed E-state index contributed by atoms with van der Waals surface area (Å²) in [7, 11) is 0. The van der Waals surface area contributed by atoms with Crippen molar-refractivity contribution >= 4 is 11.9 Å². The second-order valence-electron chi connectivity index (χ2n) is 21.3. The number of aliphatic hydroxyl groups excluding tert-OH is 20. The van der Waals surface area contributed by atoms with Gasteiger partial charge in [-0.25, -0.2) is 0 Å². The molecule has 21 heterocycles. The maximum absolute atomic E-state index is 12.3. The van der Waals surface area contributed by atoms with Crippen molar-refractivity contribution in [3.05, 3.63) is 0 Å². The molecule has 0 aromatic carbocycles. The maximum atomic E-state index is 12.3. The van der Waals surface area contributed by atoms with Crippen LogP contribution in [0.25, 0.3) is 0 Å². The van der Waals surface area contributed by atoms with E-state index >= 15 is 0 Å². The number of hydrogen-bond acceptors (Lipinski definition) is 37. The topological polar surface area (TPSA) is 612 Å². The molecule has 39 heteroatoms. The van der Waals surface area contributed by atoms with Gasteiger partial charge in [-0.2, -0.15) is 0 Å². The van der Waals surface area contributed by atoms with Crippen LogP contribution in [-0.4, -0.2) is 403 Å². The number of carbonyl (C=O) groups is 2. The fraction of sp³-hybridized carbons (Fsp3) is 0.957. The van der Waals surface area contributed by atoms with Crippen molar-refractivity contribution in [1.82, 2.24) is 4.90 Å². The normalized spacial score (nSPS) is 51.2. The second-order valence-corrected chi connectivity index (χ2v) is 21.3. The molecule has 39 nitrogen and oxygen atoms in total. The minimum absolute atomic E-state index is 0.573. The van der Waals surface area contributed by atoms with E-state index in [0.29, 0.717) is 4.90 Å². The number of ether oxygens (including phenoxy) is 14. The van der Waals surface area contributed by atoms with Crippen LogP contribution in [0.15, 0.2) is 0 Å². The summed E-state index contributed by atoms with van der Waals surface area (Å²) in [4.78, 5) is 25.1. The van der Waals surface area contributed by atoms with Crippen molar-refractivity contribution in [2.45, 2.75) is 215 Å². The summed E-state index contributed by atoms with van der Waals surface area (Å²) >= 11 is 0. The van der Waals surface area contributed by atoms with E-state index in [-0.39, 0.29) is 0 Å². The lowest BCUT2D eigenvalue weighted by atomic mass is 9.92. The van der Waals surface area contributed by atoms with E-state index in [1.807, 2.05) is 0 Å². The summed E-state index contributed by atoms with van der Waals surface area (Å²) in [6.07, 6.45) is -71.4. The summed E-state index contributed by atoms with van der Waals surface area (Å²) in [6, 6.07) is -2.07. The molecule has 0 aromatic rings. The molecule has 14 bridgehead atoms. The Morgan fingerprint density at radius 3 is 0.588 bits per heavy atom. The summed E-state index contributed by atoms with van der Waals surface area (Å²) in [5.41, 5.74) is 0. The van der Waals surface area contributed by atoms with E-state index in [9.17, 15) is 122 Å². The van der Waals surface area contributed by atoms with Crippen LogP contribution in [0.3, 0.4) is 0 Å². The number of rotatable bonds is 12. The summed E-state index contributed by atoms with van der Waals surface area (Å²) < 4.78 is 80.3. The first-order chi connectivity index (χ1) is 40.4. The lowest BCUT2D eigenvalue weighted by Gasteiger charge is -2.52. The highest BCUT2D eigenvalue weighted by molar-refractivity contribution is 5.72. The van der Waals surface area contributed by atoms with Gasteiger partial charge in [0.1, 0.15) is 165 Å². The minimum atomic E-state index is -2.38. The molecule has 21 aliphatic rings. The molecule has 22 N–H and O–H groups in total. The largest absolute Gasteiger partial charge is 0.480 e. The first-order valence-electron chi connectivity index (χ1n) is 26.8. The molecule has 0 spiro atoms. The molecule has 21 rings (SSSR count). The van der Waals surface area contributed by atoms with Gasteiger partial charge < -0.3 is 179 Å². The molecule has 35 atom stereocenters. The SMILES string of the molecule is O=C(O)CN(CC(=O)O)[C@@H]1[C@@H](O)[C@H]2O[C@H]3[C@H](O)[C@@H](O)[C@@H](O[C@H]4[C@H](O)[C@@H](O)[C@@H](O[C@H]5[C@H](O)[C@@H](O)[C@@H](O[C@H]6[C@H](O)[C@@H](O)[C@@H](O[C@H]7[C@H](O)[C@@H](O)[C@@H](O[C@H]8[C@H](O)[C@@H](O)[C@@H](O[C@@H]1[C@@H](CO)O2)O[C@@H]8CO)O[C@@H]7CO)O[C@@H]6CO)O[C@@H]5CO)O[C@@H]4CO)O[C@@H]3CO. The molecule has 0 aromatic heterocycles. The third kappa shape index (κ3) is 14.1. The summed E-state index contributed by atoms with van der Waals surface area (Å²) in [5, 5.41) is 242. The van der Waals surface area contributed by atoms with Crippen LogP contribution in [-0.2, 0) is 75.9 Å². The molecule has 21 fully saturated rings. The van der Waals surface area contributed by atoms with Crippen molar-refractivity contribution in [3.8, 4) is 0 Å². The van der Waals surface area contributed by atoms with Crippen molar-refractivity contribution < 1.29 is 188 Å². The van der Waals surface area contributed by atoms with E-state index in [1.165, 1.54) is 0 Å². The van der Waals surface area contributed by atoms with E-state index in [1.54, 1.807) is 0 Å². The highest BCUT2D eigenvalue weighted by atomic mass is 16.8. The Morgan fingerprint density at radius 1 is 0.247 bits per heavy atom. The van der Waals surface area contributed by atoms with Gasteiger partial charge in [-0.3, -0.25) is 14.5 Å². The van der Waals surface area contributed by atoms with Gasteiger partial charge in [0.2, 0.25) is 0 Å². The third-order valence-corrected chi connectivity index (χ3v) is 15.9. The molecule has 0 saturated carbocycles. The van der Waals surface area contributed by atoms with Crippen LogP contribution >= 0.6 is 0 Å². The Morgan fingerprint density at radius 2 is 0.412 bits per heavy atom. The van der Waals surface area contributed by atoms with Crippen molar-refractivity contribution in [3.63, 3.8) is 0 Å². The molecule has 0 amide bonds. The zero-order valence-corrected chi connectivity index (χ0v) is 44.4. The summed E-state index contributed by atoms with van der Waals surface area (Å²) in [6.45, 7) is -10.4. The van der Waals surface area contributed by atoms with Crippen LogP contribution in [0.4, 0.5) is 0 Å². The van der Waals surface area contributed by atoms with Gasteiger partial charge >= 0.3 is 11.9 Å². The van der Waals surface area contributed by atoms with Gasteiger partial charge in [0.15, 0.2) is 44.0 Å². The average Bonchev–Trinajstić information content (AvgIpc) is 3.07. The third-order valence-electron chi connectivity index (χ3n) is 15.9. The molecule has 85 heavy (non-hydrogen) atoms. The Hall–Kier alpha value is -2.46. The van der Waals surface area contributed by atoms with Crippen LogP contribution < -0.4 is 0 Å². The smallest absolute Gasteiger partial charge is 0.317 e. The van der Waals surface area contributed by atoms with Gasteiger partial charge in [-0.05, 0) is 0 Å². The average molecular weight is 1250 g/mol. The number of nitrogens with zero attached hydrogens (tertiary/aromatic N) is 1. The van der Waals surface area contributed by atoms with Gasteiger partial charge in [-0.1, -0.05) is 0 Å². The Kier molecular flexibility index (Phi) is 23.5. The quantitative estimate of drug-likeness (QED) is 0.0863. The molecule has 492 valence electrons. The second kappa shape index (κ2) is 29.2. The Labute approximate surface area is 478 Å². The molecule has 21 saturated heterocycles. The van der Waals surface area contributed by atoms with Gasteiger partial charge in [0.05, 0.1) is 65.4 Å². The van der Waals surface area contributed by atoms with E-state index < -0.39 is 286 Å². The highest BCUT2D eigenvalue weighted by Gasteiger charge is 2.60. The zero-order valence-electron chi connectivity index (χ0n) is 44.4. The van der Waals surface area contributed by atoms with Crippen LogP contribution in [0.2, 0.25) is 0 Å². The number of aliphatic carboxylic acids is 2. The Balaban J connectivity index is 1.13. The fourth-order valence-corrected chi connectivity index (χ4v) is 11.5. The van der Waals surface area contributed by atoms with Gasteiger partial charge in [0.25, 0.3) is 0 Å². The maximum Gasteiger partial charge on any atom is 0.317 e. The summed E-state index contributed by atoms with van der Waals surface area (Å²) in [5.74, 6) is -3.43. The molecule has 0 aliphatic carbocycles. The van der Waals surface area contributed by atoms with E-state index in [4.69, 9.17) is 66.3 Å². The number of carboxylic acids is 2. The standard InChI is InChI=1S/C46H75NO38/c48-3-10-33-19(47(1-17(55)56)2-18(57)58)20(59)40(72-10)80-34-11(4-49)74-42(28(67)22(34)61)82-36-13(6-51)76-44(30(69)24(36)63)84-38-15(8-53)78-46(32(71)26(38)65)85-39-16(9-54)77-45(31(70)25(39)64)83-37-14(7-52)75-43(29(68)23(37)62)81-35-12(5-50)73-41(79-33)27(66)21(35)60/h10-16,19-46,48-54,59-71H,1-9H2,(H,55,56)(H,57,58)/t10-,11-,12-,13-,14-,15-,16-,19-,20-,21-,22-,23-,24-,25-,26-,27-,28-,29-,30-,31-,32-,33-,34-,35-,36-,37-,38-,39-,40-,41-,42-,43-,44-,45-,46-/m1/s1. The Bertz CT molecular complexity index is 2100. The van der Waals surface area contributed by atoms with E-state index in [2.05, 4.69) is 0 Å². The van der Waals surface area contributed by atoms with Crippen LogP contribution in [0, 0.1) is 0 Å². The predicted octanol–water partition coefficient (Wildman–Crippen LogP) is -15.8. The van der Waals surface area contributed by atoms with Gasteiger partial charge in [-0.15, -0.1) is 0 Å². The predicted molar refractivity (Wildman–Crippen MR) is 253 cm³/mol. The lowest BCUT2D eigenvalue weighted by molar-refractivity contribution is -0.396. The molecule has 0 unspecified atom stereocenters. The molecular weight excluding hydrogens is 1170 g/mol. The number of hydrogen-bond donors (Lipinski definition) is 22. The van der Waals surface area contributed by atoms with Crippen molar-refractivity contribution in [2.24, 2.45) is 0 Å². The molecule has 21 aliphatic heterocycles. The van der Waals surface area contributed by atoms with Gasteiger partial charge in [0, 0.05) is 0 Å². The fourth-order valence-electron chi connectivity index (χ4n) is 11.5. The van der Waals surface area contributed by atoms with Crippen molar-refractivity contribution in [1.29, 1.82) is 0 Å². The van der Waals surface area contributed by atoms with E-state index in [0.717, 1.165) is 0 Å². The van der Waals surface area contributed by atoms with Crippen LogP contribution in [0.1, 0.15) is 0 Å². The first-order valence-corrected chi connectivity index (χ1v) is 26.8. The molecule has 0 radical (unpaired) electrons. The monoisotopic (exact) mass is 1250 g/mol. The van der Waals surface area contributed by atoms with Crippen LogP contribution in [0.5, 0.6) is 0 Å². The van der Waals surface area contributed by atoms with Crippen molar-refractivity contribution in [2.75, 3.05) is 59.3 Å². The number of aliphatic hydroxyl groups is 20. The minimum Gasteiger partial charge on any atom is -0.480 e. The zero-order chi connectivity index (χ0) is 62.2. The first kappa shape index (κ1) is 68.4. The molecular formula is C46H75NO38. The lowest BCUT2D eigenvalue weighted by Crippen LogP contribution is -2.70. The number of carboxylic acid groups (broad SMARTS) is 2.